The quantitative estimate of drug-likeness (QED) is 0.876. The number of rotatable bonds is 5. The second kappa shape index (κ2) is 5.48. The summed E-state index contributed by atoms with van der Waals surface area (Å²) in [7, 11) is 1.79. The van der Waals surface area contributed by atoms with E-state index in [1.165, 1.54) is 12.1 Å². The molecule has 100 valence electrons. The Bertz CT molecular complexity index is 414. The van der Waals surface area contributed by atoms with Crippen molar-refractivity contribution in [2.45, 2.75) is 38.8 Å². The maximum Gasteiger partial charge on any atom is 0.323 e. The number of aliphatic carboxylic acids is 1. The van der Waals surface area contributed by atoms with Crippen molar-refractivity contribution in [3.63, 3.8) is 0 Å². The Kier molecular flexibility index (Phi) is 4.46. The van der Waals surface area contributed by atoms with Crippen LogP contribution in [0.25, 0.3) is 0 Å². The number of nitrogens with zero attached hydrogens (tertiary/aromatic N) is 1. The van der Waals surface area contributed by atoms with Crippen LogP contribution in [0.1, 0.15) is 26.3 Å². The molecule has 0 saturated heterocycles. The maximum absolute atomic E-state index is 12.8. The van der Waals surface area contributed by atoms with E-state index in [0.29, 0.717) is 6.42 Å². The first-order valence-corrected chi connectivity index (χ1v) is 5.96. The van der Waals surface area contributed by atoms with Gasteiger partial charge in [0.25, 0.3) is 0 Å². The number of hydrogen-bond acceptors (Lipinski definition) is 2. The van der Waals surface area contributed by atoms with Gasteiger partial charge in [-0.25, -0.2) is 4.39 Å². The highest BCUT2D eigenvalue weighted by Gasteiger charge is 2.34. The first-order valence-electron chi connectivity index (χ1n) is 5.96. The van der Waals surface area contributed by atoms with E-state index in [2.05, 4.69) is 0 Å². The summed E-state index contributed by atoms with van der Waals surface area (Å²) in [5, 5.41) is 9.17. The standard InChI is InChI=1S/C14H20FNO2/c1-10(16(4)14(2,3)13(17)18)9-11-5-7-12(15)8-6-11/h5-8,10H,9H2,1-4H3,(H,17,18). The molecule has 0 aliphatic rings. The lowest BCUT2D eigenvalue weighted by atomic mass is 9.98. The summed E-state index contributed by atoms with van der Waals surface area (Å²) < 4.78 is 12.8. The number of likely N-dealkylation sites (N-methyl/N-ethyl adjacent to an activating group) is 1. The van der Waals surface area contributed by atoms with Crippen LogP contribution in [0, 0.1) is 5.82 Å². The molecule has 0 radical (unpaired) electrons. The summed E-state index contributed by atoms with van der Waals surface area (Å²) in [5.41, 5.74) is 0.0800. The van der Waals surface area contributed by atoms with Gasteiger partial charge in [-0.15, -0.1) is 0 Å². The van der Waals surface area contributed by atoms with E-state index in [-0.39, 0.29) is 11.9 Å². The zero-order chi connectivity index (χ0) is 13.9. The third-order valence-corrected chi connectivity index (χ3v) is 3.51. The van der Waals surface area contributed by atoms with Gasteiger partial charge < -0.3 is 5.11 Å². The molecule has 0 aliphatic carbocycles. The van der Waals surface area contributed by atoms with Crippen LogP contribution in [0.5, 0.6) is 0 Å². The molecule has 0 heterocycles. The SMILES string of the molecule is CC(Cc1ccc(F)cc1)N(C)C(C)(C)C(=O)O. The second-order valence-corrected chi connectivity index (χ2v) is 5.15. The molecule has 1 atom stereocenters. The van der Waals surface area contributed by atoms with Crippen molar-refractivity contribution in [2.75, 3.05) is 7.05 Å². The highest BCUT2D eigenvalue weighted by atomic mass is 19.1. The van der Waals surface area contributed by atoms with E-state index in [9.17, 15) is 14.3 Å². The summed E-state index contributed by atoms with van der Waals surface area (Å²) in [6.45, 7) is 5.32. The van der Waals surface area contributed by atoms with Crippen LogP contribution in [-0.2, 0) is 11.2 Å². The van der Waals surface area contributed by atoms with Crippen LogP contribution in [0.2, 0.25) is 0 Å². The van der Waals surface area contributed by atoms with E-state index in [1.54, 1.807) is 33.0 Å². The van der Waals surface area contributed by atoms with Crippen LogP contribution < -0.4 is 0 Å². The molecular weight excluding hydrogens is 233 g/mol. The number of carbonyl (C=O) groups is 1. The normalized spacial score (nSPS) is 13.7. The summed E-state index contributed by atoms with van der Waals surface area (Å²) in [4.78, 5) is 13.0. The zero-order valence-electron chi connectivity index (χ0n) is 11.3. The minimum atomic E-state index is -0.917. The molecule has 4 heteroatoms. The van der Waals surface area contributed by atoms with E-state index in [1.807, 2.05) is 11.8 Å². The second-order valence-electron chi connectivity index (χ2n) is 5.15. The van der Waals surface area contributed by atoms with Crippen molar-refractivity contribution < 1.29 is 14.3 Å². The Morgan fingerprint density at radius 3 is 2.33 bits per heavy atom. The van der Waals surface area contributed by atoms with Crippen molar-refractivity contribution in [3.8, 4) is 0 Å². The van der Waals surface area contributed by atoms with Gasteiger partial charge in [-0.2, -0.15) is 0 Å². The topological polar surface area (TPSA) is 40.5 Å². The molecular formula is C14H20FNO2. The lowest BCUT2D eigenvalue weighted by Gasteiger charge is -2.36. The Morgan fingerprint density at radius 1 is 1.39 bits per heavy atom. The van der Waals surface area contributed by atoms with Crippen LogP contribution in [0.4, 0.5) is 4.39 Å². The summed E-state index contributed by atoms with van der Waals surface area (Å²) >= 11 is 0. The largest absolute Gasteiger partial charge is 0.480 e. The van der Waals surface area contributed by atoms with E-state index < -0.39 is 11.5 Å². The Morgan fingerprint density at radius 2 is 1.89 bits per heavy atom. The lowest BCUT2D eigenvalue weighted by Crippen LogP contribution is -2.52. The average Bonchev–Trinajstić information content (AvgIpc) is 2.30. The number of carboxylic acid groups (broad SMARTS) is 1. The molecule has 1 aromatic rings. The van der Waals surface area contributed by atoms with E-state index >= 15 is 0 Å². The number of halogens is 1. The van der Waals surface area contributed by atoms with Crippen molar-refractivity contribution in [1.29, 1.82) is 0 Å². The molecule has 0 fully saturated rings. The fraction of sp³-hybridized carbons (Fsp3) is 0.500. The fourth-order valence-corrected chi connectivity index (χ4v) is 1.80. The van der Waals surface area contributed by atoms with Gasteiger partial charge in [-0.3, -0.25) is 9.69 Å². The molecule has 1 unspecified atom stereocenters. The number of hydrogen-bond donors (Lipinski definition) is 1. The minimum absolute atomic E-state index is 0.0570. The van der Waals surface area contributed by atoms with Gasteiger partial charge in [-0.05, 0) is 51.9 Å². The van der Waals surface area contributed by atoms with Gasteiger partial charge in [0.05, 0.1) is 0 Å². The van der Waals surface area contributed by atoms with Crippen molar-refractivity contribution >= 4 is 5.97 Å². The zero-order valence-corrected chi connectivity index (χ0v) is 11.3. The average molecular weight is 253 g/mol. The molecule has 0 bridgehead atoms. The van der Waals surface area contributed by atoms with Gasteiger partial charge >= 0.3 is 5.97 Å². The predicted octanol–water partition coefficient (Wildman–Crippen LogP) is 2.55. The maximum atomic E-state index is 12.8. The summed E-state index contributed by atoms with van der Waals surface area (Å²) in [5.74, 6) is -1.11. The monoisotopic (exact) mass is 253 g/mol. The predicted molar refractivity (Wildman–Crippen MR) is 69.0 cm³/mol. The van der Waals surface area contributed by atoms with E-state index in [4.69, 9.17) is 0 Å². The van der Waals surface area contributed by atoms with E-state index in [0.717, 1.165) is 5.56 Å². The van der Waals surface area contributed by atoms with Crippen molar-refractivity contribution in [3.05, 3.63) is 35.6 Å². The molecule has 0 saturated carbocycles. The Labute approximate surface area is 107 Å². The minimum Gasteiger partial charge on any atom is -0.480 e. The molecule has 1 N–H and O–H groups in total. The summed E-state index contributed by atoms with van der Waals surface area (Å²) in [6, 6.07) is 6.36. The highest BCUT2D eigenvalue weighted by molar-refractivity contribution is 5.77. The Hall–Kier alpha value is -1.42. The summed E-state index contributed by atoms with van der Waals surface area (Å²) in [6.07, 6.45) is 0.688. The number of carboxylic acids is 1. The first kappa shape index (κ1) is 14.6. The molecule has 0 amide bonds. The van der Waals surface area contributed by atoms with Crippen LogP contribution in [-0.4, -0.2) is 34.6 Å². The first-order chi connectivity index (χ1) is 8.25. The van der Waals surface area contributed by atoms with Gasteiger partial charge in [0.1, 0.15) is 11.4 Å². The van der Waals surface area contributed by atoms with Crippen LogP contribution in [0.3, 0.4) is 0 Å². The van der Waals surface area contributed by atoms with Gasteiger partial charge in [0, 0.05) is 6.04 Å². The molecule has 3 nitrogen and oxygen atoms in total. The molecule has 18 heavy (non-hydrogen) atoms. The molecule has 1 rings (SSSR count). The van der Waals surface area contributed by atoms with Gasteiger partial charge in [0.2, 0.25) is 0 Å². The third-order valence-electron chi connectivity index (χ3n) is 3.51. The van der Waals surface area contributed by atoms with Gasteiger partial charge in [-0.1, -0.05) is 12.1 Å². The smallest absolute Gasteiger partial charge is 0.323 e. The lowest BCUT2D eigenvalue weighted by molar-refractivity contribution is -0.149. The number of benzene rings is 1. The van der Waals surface area contributed by atoms with Crippen molar-refractivity contribution in [2.24, 2.45) is 0 Å². The fourth-order valence-electron chi connectivity index (χ4n) is 1.80. The Balaban J connectivity index is 2.73. The third kappa shape index (κ3) is 3.29. The van der Waals surface area contributed by atoms with Crippen LogP contribution >= 0.6 is 0 Å². The molecule has 0 aromatic heterocycles. The molecule has 1 aromatic carbocycles. The van der Waals surface area contributed by atoms with Crippen molar-refractivity contribution in [1.82, 2.24) is 4.90 Å². The molecule has 0 aliphatic heterocycles. The highest BCUT2D eigenvalue weighted by Crippen LogP contribution is 2.18. The van der Waals surface area contributed by atoms with Gasteiger partial charge in [0.15, 0.2) is 0 Å². The molecule has 0 spiro atoms. The van der Waals surface area contributed by atoms with Crippen LogP contribution in [0.15, 0.2) is 24.3 Å².